The van der Waals surface area contributed by atoms with E-state index in [1.807, 2.05) is 30.3 Å². The van der Waals surface area contributed by atoms with Crippen LogP contribution >= 0.6 is 0 Å². The molecule has 5 N–H and O–H groups in total. The van der Waals surface area contributed by atoms with E-state index < -0.39 is 35.5 Å². The fraction of sp³-hybridized carbons (Fsp3) is 0.344. The van der Waals surface area contributed by atoms with E-state index in [1.54, 1.807) is 6.92 Å². The van der Waals surface area contributed by atoms with Gasteiger partial charge in [0.05, 0.1) is 23.4 Å². The number of hydrogen-bond donors (Lipinski definition) is 4. The van der Waals surface area contributed by atoms with Crippen LogP contribution in [-0.2, 0) is 14.4 Å². The number of primary amides is 1. The molecule has 46 heavy (non-hydrogen) atoms. The third-order valence-corrected chi connectivity index (χ3v) is 7.16. The number of halogens is 1. The Morgan fingerprint density at radius 1 is 1.07 bits per heavy atom. The molecule has 0 bridgehead atoms. The molecular weight excluding hydrogens is 597 g/mol. The number of amides is 5. The van der Waals surface area contributed by atoms with Crippen LogP contribution in [0.25, 0.3) is 11.3 Å². The third-order valence-electron chi connectivity index (χ3n) is 7.16. The summed E-state index contributed by atoms with van der Waals surface area (Å²) in [5.74, 6) is -2.96. The molecule has 242 valence electrons. The zero-order valence-corrected chi connectivity index (χ0v) is 25.4. The minimum atomic E-state index is -1.20. The average molecular weight is 634 g/mol. The maximum absolute atomic E-state index is 14.1. The molecule has 2 heterocycles. The molecule has 0 unspecified atom stereocenters. The van der Waals surface area contributed by atoms with Gasteiger partial charge in [0.15, 0.2) is 0 Å². The van der Waals surface area contributed by atoms with Crippen molar-refractivity contribution in [1.82, 2.24) is 30.8 Å². The van der Waals surface area contributed by atoms with Crippen molar-refractivity contribution in [1.29, 1.82) is 0 Å². The van der Waals surface area contributed by atoms with Crippen molar-refractivity contribution >= 4 is 29.5 Å². The van der Waals surface area contributed by atoms with Gasteiger partial charge < -0.3 is 31.3 Å². The SMILES string of the molecule is Cc1ncc(C(=O)N2CCCC(=O)NCCOc3ccc(F)cc3C(=O)N[C@@H](CCC(N)=O)C(=O)NCC2)c(-c2ccccc2)n1. The number of hydrogen-bond acceptors (Lipinski definition) is 8. The van der Waals surface area contributed by atoms with Gasteiger partial charge in [-0.2, -0.15) is 0 Å². The molecule has 1 aromatic heterocycles. The molecule has 4 rings (SSSR count). The predicted octanol–water partition coefficient (Wildman–Crippen LogP) is 1.50. The quantitative estimate of drug-likeness (QED) is 0.326. The lowest BCUT2D eigenvalue weighted by Crippen LogP contribution is -2.49. The van der Waals surface area contributed by atoms with Crippen molar-refractivity contribution < 1.29 is 33.1 Å². The second-order valence-electron chi connectivity index (χ2n) is 10.6. The number of nitrogens with one attached hydrogen (secondary N) is 3. The van der Waals surface area contributed by atoms with Gasteiger partial charge in [-0.25, -0.2) is 14.4 Å². The molecule has 0 aliphatic carbocycles. The van der Waals surface area contributed by atoms with Crippen LogP contribution < -0.4 is 26.4 Å². The molecule has 1 aliphatic rings. The van der Waals surface area contributed by atoms with Crippen LogP contribution in [0.15, 0.2) is 54.7 Å². The number of nitrogens with two attached hydrogens (primary N) is 1. The van der Waals surface area contributed by atoms with Gasteiger partial charge in [-0.1, -0.05) is 30.3 Å². The number of carbonyl (C=O) groups is 5. The van der Waals surface area contributed by atoms with E-state index in [-0.39, 0.29) is 74.8 Å². The smallest absolute Gasteiger partial charge is 0.257 e. The molecule has 0 saturated carbocycles. The summed E-state index contributed by atoms with van der Waals surface area (Å²) >= 11 is 0. The lowest BCUT2D eigenvalue weighted by molar-refractivity contribution is -0.123. The Bertz CT molecular complexity index is 1590. The van der Waals surface area contributed by atoms with E-state index in [0.29, 0.717) is 17.9 Å². The van der Waals surface area contributed by atoms with Gasteiger partial charge in [-0.3, -0.25) is 24.0 Å². The fourth-order valence-corrected chi connectivity index (χ4v) is 4.83. The molecule has 5 amide bonds. The van der Waals surface area contributed by atoms with Crippen LogP contribution in [0.2, 0.25) is 0 Å². The van der Waals surface area contributed by atoms with Gasteiger partial charge in [0, 0.05) is 44.2 Å². The van der Waals surface area contributed by atoms with Crippen molar-refractivity contribution in [3.8, 4) is 17.0 Å². The highest BCUT2D eigenvalue weighted by molar-refractivity contribution is 6.00. The number of benzene rings is 2. The molecule has 2 aromatic carbocycles. The van der Waals surface area contributed by atoms with Crippen LogP contribution in [-0.4, -0.2) is 83.2 Å². The van der Waals surface area contributed by atoms with Crippen molar-refractivity contribution in [3.63, 3.8) is 0 Å². The van der Waals surface area contributed by atoms with Crippen LogP contribution in [0, 0.1) is 12.7 Å². The molecule has 0 radical (unpaired) electrons. The average Bonchev–Trinajstić information content (AvgIpc) is 3.04. The van der Waals surface area contributed by atoms with Gasteiger partial charge in [0.25, 0.3) is 11.8 Å². The fourth-order valence-electron chi connectivity index (χ4n) is 4.83. The van der Waals surface area contributed by atoms with Crippen LogP contribution in [0.4, 0.5) is 4.39 Å². The summed E-state index contributed by atoms with van der Waals surface area (Å²) in [6, 6.07) is 11.3. The number of fused-ring (bicyclic) bond motifs is 1. The molecule has 1 aliphatic heterocycles. The van der Waals surface area contributed by atoms with Gasteiger partial charge in [-0.05, 0) is 38.0 Å². The summed E-state index contributed by atoms with van der Waals surface area (Å²) < 4.78 is 19.7. The minimum absolute atomic E-state index is 0.0243. The number of carbonyl (C=O) groups excluding carboxylic acids is 5. The number of ether oxygens (including phenoxy) is 1. The number of rotatable bonds is 5. The Morgan fingerprint density at radius 3 is 2.61 bits per heavy atom. The van der Waals surface area contributed by atoms with Gasteiger partial charge in [0.1, 0.15) is 30.0 Å². The standard InChI is InChI=1S/C32H36FN7O6/c1-20-37-19-24(29(38-20)21-6-3-2-4-7-21)32(45)40-15-5-8-28(42)35-14-17-46-26-11-9-22(33)18-23(26)30(43)39-25(10-12-27(34)41)31(44)36-13-16-40/h2-4,6-7,9,11,18-19,25H,5,8,10,12-17H2,1H3,(H2,34,41)(H,35,42)(H,36,44)(H,39,43)/t25-/m0/s1. The van der Waals surface area contributed by atoms with E-state index >= 15 is 0 Å². The summed E-state index contributed by atoms with van der Waals surface area (Å²) in [6.07, 6.45) is 1.56. The largest absolute Gasteiger partial charge is 0.491 e. The molecule has 3 aromatic rings. The predicted molar refractivity (Wildman–Crippen MR) is 165 cm³/mol. The van der Waals surface area contributed by atoms with Gasteiger partial charge in [-0.15, -0.1) is 0 Å². The Kier molecular flexibility index (Phi) is 11.7. The normalized spacial score (nSPS) is 16.9. The first-order valence-corrected chi connectivity index (χ1v) is 14.9. The molecule has 0 saturated heterocycles. The lowest BCUT2D eigenvalue weighted by Gasteiger charge is -2.25. The zero-order valence-electron chi connectivity index (χ0n) is 25.4. The van der Waals surface area contributed by atoms with Crippen molar-refractivity contribution in [3.05, 3.63) is 77.5 Å². The number of aromatic nitrogens is 2. The van der Waals surface area contributed by atoms with Gasteiger partial charge >= 0.3 is 0 Å². The Labute approximate surface area is 265 Å². The topological polar surface area (TPSA) is 186 Å². The maximum Gasteiger partial charge on any atom is 0.257 e. The van der Waals surface area contributed by atoms with E-state index in [0.717, 1.165) is 17.7 Å². The molecule has 14 heteroatoms. The van der Waals surface area contributed by atoms with E-state index in [2.05, 4.69) is 25.9 Å². The van der Waals surface area contributed by atoms with E-state index in [1.165, 1.54) is 17.2 Å². The summed E-state index contributed by atoms with van der Waals surface area (Å²) in [6.45, 7) is 2.00. The summed E-state index contributed by atoms with van der Waals surface area (Å²) in [5.41, 5.74) is 6.56. The van der Waals surface area contributed by atoms with Crippen molar-refractivity contribution in [2.75, 3.05) is 32.8 Å². The summed E-state index contributed by atoms with van der Waals surface area (Å²) in [5, 5.41) is 7.97. The van der Waals surface area contributed by atoms with E-state index in [9.17, 15) is 28.4 Å². The minimum Gasteiger partial charge on any atom is -0.491 e. The molecule has 0 spiro atoms. The maximum atomic E-state index is 14.1. The molecule has 1 atom stereocenters. The lowest BCUT2D eigenvalue weighted by atomic mass is 10.1. The number of aryl methyl sites for hydroxylation is 1. The van der Waals surface area contributed by atoms with Crippen LogP contribution in [0.1, 0.15) is 52.2 Å². The molecule has 13 nitrogen and oxygen atoms in total. The highest BCUT2D eigenvalue weighted by Crippen LogP contribution is 2.23. The van der Waals surface area contributed by atoms with Crippen LogP contribution in [0.5, 0.6) is 5.75 Å². The van der Waals surface area contributed by atoms with Crippen molar-refractivity contribution in [2.24, 2.45) is 5.73 Å². The second kappa shape index (κ2) is 16.1. The Morgan fingerprint density at radius 2 is 1.85 bits per heavy atom. The first-order valence-electron chi connectivity index (χ1n) is 14.9. The second-order valence-corrected chi connectivity index (χ2v) is 10.6. The van der Waals surface area contributed by atoms with Gasteiger partial charge in [0.2, 0.25) is 17.7 Å². The summed E-state index contributed by atoms with van der Waals surface area (Å²) in [7, 11) is 0. The van der Waals surface area contributed by atoms with E-state index in [4.69, 9.17) is 10.5 Å². The summed E-state index contributed by atoms with van der Waals surface area (Å²) in [4.78, 5) is 74.6. The van der Waals surface area contributed by atoms with Crippen LogP contribution in [0.3, 0.4) is 0 Å². The zero-order chi connectivity index (χ0) is 33.1. The highest BCUT2D eigenvalue weighted by Gasteiger charge is 2.26. The monoisotopic (exact) mass is 633 g/mol. The molecular formula is C32H36FN7O6. The highest BCUT2D eigenvalue weighted by atomic mass is 19.1. The first kappa shape index (κ1) is 33.5. The number of nitrogens with zero attached hydrogens (tertiary/aromatic N) is 3. The third kappa shape index (κ3) is 9.30. The first-order chi connectivity index (χ1) is 22.1. The Hall–Kier alpha value is -5.40. The van der Waals surface area contributed by atoms with Crippen molar-refractivity contribution in [2.45, 2.75) is 38.6 Å². The molecule has 0 fully saturated rings. The Balaban J connectivity index is 1.59.